The van der Waals surface area contributed by atoms with E-state index in [0.717, 1.165) is 93.2 Å². The molecule has 1 aliphatic heterocycles. The second kappa shape index (κ2) is 10.4. The lowest BCUT2D eigenvalue weighted by Crippen LogP contribution is -2.34. The standard InChI is InChI=1S/C34H43N5O2/c1-22-25(8-6-10-27(22)35-4)26-9-7-11-28(23(26)2)36-24(3)31-37-29-20-39(18-12-30(29)38(31)5)19-17-33-13-15-34(21-33,16-14-33)32(40)41/h6-11,35-36H,3,12-21H2,1-2,4-5H3,(H,40,41). The van der Waals surface area contributed by atoms with E-state index in [-0.39, 0.29) is 5.41 Å². The number of rotatable bonds is 9. The normalized spacial score (nSPS) is 23.4. The Labute approximate surface area is 243 Å². The first-order valence-corrected chi connectivity index (χ1v) is 15.0. The molecule has 2 aromatic carbocycles. The number of nitrogens with zero attached hydrogens (tertiary/aromatic N) is 3. The van der Waals surface area contributed by atoms with E-state index in [2.05, 4.69) is 84.0 Å². The number of carbonyl (C=O) groups is 1. The molecule has 0 atom stereocenters. The van der Waals surface area contributed by atoms with E-state index < -0.39 is 11.4 Å². The number of anilines is 2. The fraction of sp³-hybridized carbons (Fsp3) is 0.471. The third kappa shape index (κ3) is 4.74. The summed E-state index contributed by atoms with van der Waals surface area (Å²) in [5.41, 5.74) is 10.0. The number of benzene rings is 2. The van der Waals surface area contributed by atoms with Gasteiger partial charge in [0.2, 0.25) is 0 Å². The third-order valence-corrected chi connectivity index (χ3v) is 10.5. The predicted octanol–water partition coefficient (Wildman–Crippen LogP) is 6.61. The summed E-state index contributed by atoms with van der Waals surface area (Å²) in [7, 11) is 4.06. The van der Waals surface area contributed by atoms with E-state index >= 15 is 0 Å². The van der Waals surface area contributed by atoms with E-state index in [1.54, 1.807) is 0 Å². The lowest BCUT2D eigenvalue weighted by Gasteiger charge is -2.32. The molecule has 0 amide bonds. The molecule has 0 radical (unpaired) electrons. The maximum absolute atomic E-state index is 11.9. The molecule has 2 bridgehead atoms. The van der Waals surface area contributed by atoms with Crippen LogP contribution in [0.1, 0.15) is 66.9 Å². The zero-order valence-corrected chi connectivity index (χ0v) is 24.9. The van der Waals surface area contributed by atoms with Crippen molar-refractivity contribution >= 4 is 23.0 Å². The summed E-state index contributed by atoms with van der Waals surface area (Å²) in [6.07, 6.45) is 6.78. The topological polar surface area (TPSA) is 82.4 Å². The number of aromatic nitrogens is 2. The van der Waals surface area contributed by atoms with Gasteiger partial charge in [-0.25, -0.2) is 4.98 Å². The van der Waals surface area contributed by atoms with Gasteiger partial charge >= 0.3 is 5.97 Å². The van der Waals surface area contributed by atoms with Gasteiger partial charge in [0.15, 0.2) is 5.82 Å². The van der Waals surface area contributed by atoms with Gasteiger partial charge in [-0.2, -0.15) is 0 Å². The molecule has 6 rings (SSSR count). The van der Waals surface area contributed by atoms with Gasteiger partial charge in [-0.05, 0) is 98.7 Å². The first kappa shape index (κ1) is 27.6. The van der Waals surface area contributed by atoms with Crippen LogP contribution in [-0.2, 0) is 24.8 Å². The average Bonchev–Trinajstić information content (AvgIpc) is 3.64. The Kier molecular flexibility index (Phi) is 6.97. The fourth-order valence-corrected chi connectivity index (χ4v) is 7.88. The van der Waals surface area contributed by atoms with Gasteiger partial charge in [0.05, 0.1) is 16.8 Å². The number of carboxylic acids is 1. The molecule has 0 spiro atoms. The predicted molar refractivity (Wildman–Crippen MR) is 166 cm³/mol. The molecule has 7 heteroatoms. The van der Waals surface area contributed by atoms with Crippen molar-refractivity contribution in [3.8, 4) is 11.1 Å². The molecule has 0 unspecified atom stereocenters. The zero-order chi connectivity index (χ0) is 28.9. The molecule has 41 heavy (non-hydrogen) atoms. The lowest BCUT2D eigenvalue weighted by molar-refractivity contribution is -0.148. The van der Waals surface area contributed by atoms with Gasteiger partial charge in [-0.15, -0.1) is 0 Å². The summed E-state index contributed by atoms with van der Waals surface area (Å²) >= 11 is 0. The van der Waals surface area contributed by atoms with Crippen LogP contribution >= 0.6 is 0 Å². The van der Waals surface area contributed by atoms with Crippen LogP contribution in [0.5, 0.6) is 0 Å². The highest BCUT2D eigenvalue weighted by atomic mass is 16.4. The smallest absolute Gasteiger partial charge is 0.309 e. The first-order valence-electron chi connectivity index (χ1n) is 15.0. The molecule has 2 fully saturated rings. The molecule has 2 heterocycles. The molecule has 3 N–H and O–H groups in total. The highest BCUT2D eigenvalue weighted by Crippen LogP contribution is 2.63. The van der Waals surface area contributed by atoms with Crippen LogP contribution in [0.3, 0.4) is 0 Å². The molecule has 2 aliphatic carbocycles. The Balaban J connectivity index is 1.15. The van der Waals surface area contributed by atoms with Crippen LogP contribution in [0.4, 0.5) is 11.4 Å². The van der Waals surface area contributed by atoms with Crippen molar-refractivity contribution in [2.75, 3.05) is 30.8 Å². The molecule has 1 aromatic heterocycles. The molecule has 0 saturated heterocycles. The fourth-order valence-electron chi connectivity index (χ4n) is 7.88. The summed E-state index contributed by atoms with van der Waals surface area (Å²) in [5, 5.41) is 16.7. The van der Waals surface area contributed by atoms with Crippen LogP contribution < -0.4 is 10.6 Å². The number of hydrogen-bond acceptors (Lipinski definition) is 5. The summed E-state index contributed by atoms with van der Waals surface area (Å²) in [6.45, 7) is 11.6. The summed E-state index contributed by atoms with van der Waals surface area (Å²) < 4.78 is 2.20. The minimum atomic E-state index is -0.575. The van der Waals surface area contributed by atoms with Crippen LogP contribution in [0.15, 0.2) is 43.0 Å². The molecule has 3 aliphatic rings. The van der Waals surface area contributed by atoms with Crippen LogP contribution in [-0.4, -0.2) is 45.7 Å². The van der Waals surface area contributed by atoms with Gasteiger partial charge in [-0.1, -0.05) is 30.8 Å². The van der Waals surface area contributed by atoms with E-state index in [1.165, 1.54) is 27.9 Å². The summed E-state index contributed by atoms with van der Waals surface area (Å²) in [4.78, 5) is 19.5. The maximum atomic E-state index is 11.9. The minimum Gasteiger partial charge on any atom is -0.481 e. The van der Waals surface area contributed by atoms with Gasteiger partial charge < -0.3 is 20.3 Å². The Morgan fingerprint density at radius 1 is 1.05 bits per heavy atom. The van der Waals surface area contributed by atoms with Crippen molar-refractivity contribution in [3.63, 3.8) is 0 Å². The monoisotopic (exact) mass is 553 g/mol. The number of aliphatic carboxylic acids is 1. The summed E-state index contributed by atoms with van der Waals surface area (Å²) in [5.74, 6) is 0.306. The van der Waals surface area contributed by atoms with Crippen LogP contribution in [0, 0.1) is 24.7 Å². The van der Waals surface area contributed by atoms with Crippen LogP contribution in [0.2, 0.25) is 0 Å². The zero-order valence-electron chi connectivity index (χ0n) is 24.9. The van der Waals surface area contributed by atoms with Crippen molar-refractivity contribution in [3.05, 3.63) is 71.3 Å². The Morgan fingerprint density at radius 3 is 2.34 bits per heavy atom. The van der Waals surface area contributed by atoms with E-state index in [4.69, 9.17) is 4.98 Å². The molecular weight excluding hydrogens is 510 g/mol. The number of imidazole rings is 1. The quantitative estimate of drug-likeness (QED) is 0.277. The van der Waals surface area contributed by atoms with Gasteiger partial charge in [0.1, 0.15) is 0 Å². The maximum Gasteiger partial charge on any atom is 0.309 e. The third-order valence-electron chi connectivity index (χ3n) is 10.5. The molecular formula is C34H43N5O2. The Morgan fingerprint density at radius 2 is 1.71 bits per heavy atom. The van der Waals surface area contributed by atoms with Crippen LogP contribution in [0.25, 0.3) is 16.8 Å². The highest BCUT2D eigenvalue weighted by Gasteiger charge is 2.57. The van der Waals surface area contributed by atoms with Gasteiger partial charge in [0.25, 0.3) is 0 Å². The number of hydrogen-bond donors (Lipinski definition) is 3. The summed E-state index contributed by atoms with van der Waals surface area (Å²) in [6, 6.07) is 12.8. The number of nitrogens with one attached hydrogen (secondary N) is 2. The SMILES string of the molecule is C=C(Nc1cccc(-c2cccc(NC)c2C)c1C)c1nc2c(n1C)CCN(CCC13CCC(C(=O)O)(CC1)C3)C2. The molecule has 7 nitrogen and oxygen atoms in total. The van der Waals surface area contributed by atoms with E-state index in [0.29, 0.717) is 0 Å². The second-order valence-corrected chi connectivity index (χ2v) is 12.7. The van der Waals surface area contributed by atoms with E-state index in [9.17, 15) is 9.90 Å². The van der Waals surface area contributed by atoms with Gasteiger partial charge in [-0.3, -0.25) is 9.69 Å². The Hall–Kier alpha value is -3.58. The largest absolute Gasteiger partial charge is 0.481 e. The minimum absolute atomic E-state index is 0.228. The van der Waals surface area contributed by atoms with Gasteiger partial charge in [0, 0.05) is 50.7 Å². The molecule has 3 aromatic rings. The molecule has 2 saturated carbocycles. The average molecular weight is 554 g/mol. The van der Waals surface area contributed by atoms with Crippen molar-refractivity contribution in [2.45, 2.75) is 65.3 Å². The van der Waals surface area contributed by atoms with Crippen molar-refractivity contribution in [1.29, 1.82) is 0 Å². The Bertz CT molecular complexity index is 1510. The van der Waals surface area contributed by atoms with Crippen molar-refractivity contribution < 1.29 is 9.90 Å². The van der Waals surface area contributed by atoms with Crippen molar-refractivity contribution in [1.82, 2.24) is 14.5 Å². The highest BCUT2D eigenvalue weighted by molar-refractivity contribution is 5.83. The number of fused-ring (bicyclic) bond motifs is 3. The van der Waals surface area contributed by atoms with E-state index in [1.807, 2.05) is 7.05 Å². The first-order chi connectivity index (χ1) is 19.7. The lowest BCUT2D eigenvalue weighted by atomic mass is 9.80. The molecule has 216 valence electrons. The number of carboxylic acid groups (broad SMARTS) is 1. The van der Waals surface area contributed by atoms with Crippen molar-refractivity contribution in [2.24, 2.45) is 17.9 Å². The second-order valence-electron chi connectivity index (χ2n) is 12.7.